The molecule has 2 heterocycles. The fourth-order valence-corrected chi connectivity index (χ4v) is 5.28. The molecular weight excluding hydrogens is 612 g/mol. The maximum atomic E-state index is 12.5. The topological polar surface area (TPSA) is 256 Å². The second kappa shape index (κ2) is 16.1. The fraction of sp³-hybridized carbons (Fsp3) is 0.581. The van der Waals surface area contributed by atoms with Crippen molar-refractivity contribution in [2.24, 2.45) is 0 Å². The number of aryl methyl sites for hydroxylation is 2. The number of phenolic OH excluding ortho intramolecular Hbond substituents is 2. The molecule has 0 amide bonds. The number of aliphatic hydroxyl groups excluding tert-OH is 8. The van der Waals surface area contributed by atoms with Crippen LogP contribution in [-0.4, -0.2) is 131 Å². The number of aromatic hydroxyl groups is 2. The third-order valence-corrected chi connectivity index (χ3v) is 8.09. The molecule has 2 fully saturated rings. The zero-order valence-electron chi connectivity index (χ0n) is 24.9. The van der Waals surface area contributed by atoms with Crippen molar-refractivity contribution in [1.29, 1.82) is 0 Å². The van der Waals surface area contributed by atoms with E-state index in [-0.39, 0.29) is 35.2 Å². The van der Waals surface area contributed by atoms with Crippen molar-refractivity contribution in [1.82, 2.24) is 0 Å². The molecule has 0 radical (unpaired) electrons. The Morgan fingerprint density at radius 3 is 1.50 bits per heavy atom. The number of phenols is 2. The summed E-state index contributed by atoms with van der Waals surface area (Å²) in [6.07, 6.45) is -12.0. The van der Waals surface area contributed by atoms with E-state index in [1.807, 2.05) is 0 Å². The van der Waals surface area contributed by atoms with Crippen LogP contribution in [0, 0.1) is 0 Å². The molecule has 15 heteroatoms. The Morgan fingerprint density at radius 2 is 1.07 bits per heavy atom. The van der Waals surface area contributed by atoms with E-state index in [4.69, 9.17) is 18.9 Å². The monoisotopic (exact) mass is 654 g/mol. The molecule has 2 aromatic rings. The third-order valence-electron chi connectivity index (χ3n) is 8.09. The van der Waals surface area contributed by atoms with Crippen LogP contribution >= 0.6 is 0 Å². The lowest BCUT2D eigenvalue weighted by Gasteiger charge is -2.39. The number of ether oxygens (including phenoxy) is 4. The second-order valence-corrected chi connectivity index (χ2v) is 11.5. The highest BCUT2D eigenvalue weighted by Gasteiger charge is 2.46. The number of hydrogen-bond acceptors (Lipinski definition) is 15. The van der Waals surface area contributed by atoms with E-state index in [0.717, 1.165) is 5.56 Å². The van der Waals surface area contributed by atoms with E-state index < -0.39 is 74.6 Å². The zero-order valence-corrected chi connectivity index (χ0v) is 24.9. The molecule has 0 bridgehead atoms. The van der Waals surface area contributed by atoms with Crippen LogP contribution in [0.4, 0.5) is 0 Å². The highest BCUT2D eigenvalue weighted by atomic mass is 16.7. The van der Waals surface area contributed by atoms with E-state index in [1.54, 1.807) is 12.1 Å². The summed E-state index contributed by atoms with van der Waals surface area (Å²) in [6, 6.07) is 9.09. The first-order valence-corrected chi connectivity index (χ1v) is 15.0. The normalized spacial score (nSPS) is 31.4. The minimum atomic E-state index is -1.63. The van der Waals surface area contributed by atoms with E-state index in [9.17, 15) is 55.9 Å². The smallest absolute Gasteiger partial charge is 0.229 e. The van der Waals surface area contributed by atoms with Crippen LogP contribution < -0.4 is 9.47 Å². The SMILES string of the molecule is O=C(CCCCc1ccc(OC2OC(CO)C(O)C(O)C2O)c(O)c1)CCc1ccc(OC2OC(CO)C(O)C(O)C2O)c(O)c1. The van der Waals surface area contributed by atoms with Gasteiger partial charge in [-0.15, -0.1) is 0 Å². The molecule has 0 spiro atoms. The van der Waals surface area contributed by atoms with Gasteiger partial charge in [-0.3, -0.25) is 4.79 Å². The minimum Gasteiger partial charge on any atom is -0.504 e. The highest BCUT2D eigenvalue weighted by Crippen LogP contribution is 2.33. The van der Waals surface area contributed by atoms with Crippen LogP contribution in [0.3, 0.4) is 0 Å². The van der Waals surface area contributed by atoms with Crippen molar-refractivity contribution in [2.45, 2.75) is 99.9 Å². The van der Waals surface area contributed by atoms with Gasteiger partial charge in [0.25, 0.3) is 0 Å². The summed E-state index contributed by atoms with van der Waals surface area (Å²) >= 11 is 0. The molecule has 46 heavy (non-hydrogen) atoms. The lowest BCUT2D eigenvalue weighted by molar-refractivity contribution is -0.277. The number of rotatable bonds is 14. The van der Waals surface area contributed by atoms with Crippen LogP contribution in [0.25, 0.3) is 0 Å². The van der Waals surface area contributed by atoms with Crippen LogP contribution in [0.15, 0.2) is 36.4 Å². The Labute approximate surface area is 264 Å². The van der Waals surface area contributed by atoms with Crippen molar-refractivity contribution >= 4 is 5.78 Å². The lowest BCUT2D eigenvalue weighted by atomic mass is 9.99. The van der Waals surface area contributed by atoms with Crippen LogP contribution in [0.2, 0.25) is 0 Å². The number of hydrogen-bond donors (Lipinski definition) is 10. The highest BCUT2D eigenvalue weighted by molar-refractivity contribution is 5.78. The molecule has 10 N–H and O–H groups in total. The van der Waals surface area contributed by atoms with Crippen LogP contribution in [0.5, 0.6) is 23.0 Å². The molecule has 10 unspecified atom stereocenters. The van der Waals surface area contributed by atoms with Gasteiger partial charge in [0.15, 0.2) is 23.0 Å². The minimum absolute atomic E-state index is 0.0206. The Balaban J connectivity index is 1.18. The molecule has 256 valence electrons. The van der Waals surface area contributed by atoms with Crippen LogP contribution in [-0.2, 0) is 27.1 Å². The summed E-state index contributed by atoms with van der Waals surface area (Å²) in [6.45, 7) is -1.23. The molecular formula is C31H42O15. The van der Waals surface area contributed by atoms with Gasteiger partial charge in [-0.25, -0.2) is 0 Å². The number of unbranched alkanes of at least 4 members (excludes halogenated alkanes) is 1. The van der Waals surface area contributed by atoms with Crippen molar-refractivity contribution < 1.29 is 74.8 Å². The second-order valence-electron chi connectivity index (χ2n) is 11.5. The molecule has 10 atom stereocenters. The van der Waals surface area contributed by atoms with Crippen LogP contribution in [0.1, 0.15) is 36.8 Å². The number of benzene rings is 2. The van der Waals surface area contributed by atoms with E-state index in [1.165, 1.54) is 24.3 Å². The van der Waals surface area contributed by atoms with Gasteiger partial charge in [0.2, 0.25) is 12.6 Å². The predicted octanol–water partition coefficient (Wildman–Crippen LogP) is -1.63. The van der Waals surface area contributed by atoms with Crippen molar-refractivity contribution in [2.75, 3.05) is 13.2 Å². The van der Waals surface area contributed by atoms with Gasteiger partial charge in [-0.05, 0) is 61.1 Å². The fourth-order valence-electron chi connectivity index (χ4n) is 5.28. The lowest BCUT2D eigenvalue weighted by Crippen LogP contribution is -2.60. The van der Waals surface area contributed by atoms with Gasteiger partial charge < -0.3 is 70.0 Å². The molecule has 0 aliphatic carbocycles. The van der Waals surface area contributed by atoms with Crippen molar-refractivity contribution in [3.8, 4) is 23.0 Å². The maximum absolute atomic E-state index is 12.5. The van der Waals surface area contributed by atoms with Crippen molar-refractivity contribution in [3.05, 3.63) is 47.5 Å². The Kier molecular flexibility index (Phi) is 12.6. The van der Waals surface area contributed by atoms with E-state index in [2.05, 4.69) is 0 Å². The molecule has 0 saturated carbocycles. The molecule has 2 aliphatic rings. The average Bonchev–Trinajstić information content (AvgIpc) is 3.04. The number of carbonyl (C=O) groups is 1. The molecule has 2 aliphatic heterocycles. The Morgan fingerprint density at radius 1 is 0.609 bits per heavy atom. The summed E-state index contributed by atoms with van der Waals surface area (Å²) in [7, 11) is 0. The zero-order chi connectivity index (χ0) is 33.5. The number of aliphatic hydroxyl groups is 8. The van der Waals surface area contributed by atoms with Gasteiger partial charge in [-0.1, -0.05) is 12.1 Å². The number of Topliss-reactive ketones (excluding diaryl/α,β-unsaturated/α-hetero) is 1. The quantitative estimate of drug-likeness (QED) is 0.103. The molecule has 2 saturated heterocycles. The summed E-state index contributed by atoms with van der Waals surface area (Å²) in [5.41, 5.74) is 1.43. The van der Waals surface area contributed by atoms with Gasteiger partial charge in [0.05, 0.1) is 13.2 Å². The average molecular weight is 655 g/mol. The first kappa shape index (κ1) is 35.8. The van der Waals surface area contributed by atoms with Gasteiger partial charge in [0, 0.05) is 12.8 Å². The maximum Gasteiger partial charge on any atom is 0.229 e. The van der Waals surface area contributed by atoms with Crippen molar-refractivity contribution in [3.63, 3.8) is 0 Å². The third kappa shape index (κ3) is 8.63. The Bertz CT molecular complexity index is 1290. The Hall–Kier alpha value is -3.09. The largest absolute Gasteiger partial charge is 0.504 e. The summed E-state index contributed by atoms with van der Waals surface area (Å²) in [5.74, 6) is -0.581. The summed E-state index contributed by atoms with van der Waals surface area (Å²) < 4.78 is 21.5. The van der Waals surface area contributed by atoms with Gasteiger partial charge in [0.1, 0.15) is 54.6 Å². The molecule has 0 aromatic heterocycles. The molecule has 15 nitrogen and oxygen atoms in total. The number of ketones is 1. The summed E-state index contributed by atoms with van der Waals surface area (Å²) in [5, 5.41) is 99.3. The molecule has 4 rings (SSSR count). The number of carbonyl (C=O) groups excluding carboxylic acids is 1. The first-order valence-electron chi connectivity index (χ1n) is 15.0. The van der Waals surface area contributed by atoms with E-state index in [0.29, 0.717) is 37.7 Å². The first-order chi connectivity index (χ1) is 21.9. The van der Waals surface area contributed by atoms with Gasteiger partial charge >= 0.3 is 0 Å². The van der Waals surface area contributed by atoms with E-state index >= 15 is 0 Å². The molecule has 2 aromatic carbocycles. The predicted molar refractivity (Wildman–Crippen MR) is 156 cm³/mol. The standard InChI is InChI=1S/C31H42O15/c32-13-22-24(37)26(39)28(41)30(45-22)43-20-9-6-15(11-18(20)35)3-1-2-4-17(34)8-5-16-7-10-21(19(36)12-16)44-31-29(42)27(40)25(38)23(14-33)46-31/h6-7,9-12,22-33,35-42H,1-5,8,13-14H2. The van der Waals surface area contributed by atoms with Gasteiger partial charge in [-0.2, -0.15) is 0 Å². The summed E-state index contributed by atoms with van der Waals surface area (Å²) in [4.78, 5) is 12.5.